The van der Waals surface area contributed by atoms with Gasteiger partial charge in [0.2, 0.25) is 0 Å². The van der Waals surface area contributed by atoms with E-state index in [1.54, 1.807) is 48.5 Å². The molecule has 4 aromatic rings. The van der Waals surface area contributed by atoms with Gasteiger partial charge in [-0.25, -0.2) is 0 Å². The molecule has 4 rings (SSSR count). The molecule has 0 atom stereocenters. The van der Waals surface area contributed by atoms with E-state index in [-0.39, 0.29) is 0 Å². The number of nitrogen functional groups attached to an aromatic ring is 8. The molecule has 0 saturated heterocycles. The molecule has 0 bridgehead atoms. The SMILES string of the molecule is Nc1ccc(-c2ccc(N)c(N)c2)cc1N.Nc1ccc(N)cc1.Nc1ccccc1N. The van der Waals surface area contributed by atoms with Crippen molar-refractivity contribution >= 4 is 45.5 Å². The highest BCUT2D eigenvalue weighted by Gasteiger charge is 2.02. The summed E-state index contributed by atoms with van der Waals surface area (Å²) >= 11 is 0. The van der Waals surface area contributed by atoms with E-state index in [9.17, 15) is 0 Å². The molecule has 166 valence electrons. The maximum atomic E-state index is 5.74. The number of nitrogens with two attached hydrogens (primary N) is 8. The van der Waals surface area contributed by atoms with Crippen LogP contribution in [0.1, 0.15) is 0 Å². The molecule has 0 unspecified atom stereocenters. The van der Waals surface area contributed by atoms with Gasteiger partial charge in [0.15, 0.2) is 0 Å². The van der Waals surface area contributed by atoms with Gasteiger partial charge in [0.1, 0.15) is 0 Å². The molecule has 4 aromatic carbocycles. The van der Waals surface area contributed by atoms with Crippen molar-refractivity contribution in [2.24, 2.45) is 0 Å². The predicted molar refractivity (Wildman–Crippen MR) is 140 cm³/mol. The summed E-state index contributed by atoms with van der Waals surface area (Å²) in [5.41, 5.74) is 51.3. The minimum atomic E-state index is 0.563. The van der Waals surface area contributed by atoms with Crippen LogP contribution in [-0.2, 0) is 0 Å². The molecule has 0 fully saturated rings. The van der Waals surface area contributed by atoms with Gasteiger partial charge in [0.05, 0.1) is 34.1 Å². The smallest absolute Gasteiger partial charge is 0.0554 e. The highest BCUT2D eigenvalue weighted by Crippen LogP contribution is 2.28. The van der Waals surface area contributed by atoms with Gasteiger partial charge in [-0.1, -0.05) is 24.3 Å². The van der Waals surface area contributed by atoms with Crippen LogP contribution in [0.15, 0.2) is 84.9 Å². The summed E-state index contributed by atoms with van der Waals surface area (Å²) in [5.74, 6) is 0. The molecule has 0 aliphatic carbocycles. The van der Waals surface area contributed by atoms with Gasteiger partial charge in [0, 0.05) is 11.4 Å². The molecule has 0 aromatic heterocycles. The van der Waals surface area contributed by atoms with E-state index >= 15 is 0 Å². The average molecular weight is 431 g/mol. The Morgan fingerprint density at radius 2 is 0.625 bits per heavy atom. The van der Waals surface area contributed by atoms with Crippen LogP contribution in [0.3, 0.4) is 0 Å². The van der Waals surface area contributed by atoms with Gasteiger partial charge >= 0.3 is 0 Å². The number of rotatable bonds is 1. The Balaban J connectivity index is 0.000000190. The van der Waals surface area contributed by atoms with Crippen LogP contribution >= 0.6 is 0 Å². The lowest BCUT2D eigenvalue weighted by atomic mass is 10.0. The Hall–Kier alpha value is -4.72. The largest absolute Gasteiger partial charge is 0.399 e. The van der Waals surface area contributed by atoms with E-state index in [1.807, 2.05) is 36.4 Å². The number of hydrogen-bond acceptors (Lipinski definition) is 8. The first-order valence-electron chi connectivity index (χ1n) is 9.68. The van der Waals surface area contributed by atoms with Crippen molar-refractivity contribution in [2.75, 3.05) is 45.9 Å². The lowest BCUT2D eigenvalue weighted by molar-refractivity contribution is 1.60. The standard InChI is InChI=1S/C12H14N4.2C6H8N2/c13-9-3-1-7(5-11(9)15)8-2-4-10(14)12(16)6-8;7-5-1-2-6(8)4-3-5;7-5-3-1-2-4-6(5)8/h1-6H,13-16H2;2*1-4H,7-8H2. The van der Waals surface area contributed by atoms with Crippen LogP contribution in [0.4, 0.5) is 45.5 Å². The molecule has 0 saturated carbocycles. The minimum absolute atomic E-state index is 0.563. The fourth-order valence-corrected chi connectivity index (χ4v) is 2.52. The molecule has 8 nitrogen and oxygen atoms in total. The second kappa shape index (κ2) is 10.9. The molecule has 0 heterocycles. The lowest BCUT2D eigenvalue weighted by Gasteiger charge is -2.07. The van der Waals surface area contributed by atoms with Crippen LogP contribution in [0.2, 0.25) is 0 Å². The first kappa shape index (κ1) is 23.6. The third kappa shape index (κ3) is 6.96. The van der Waals surface area contributed by atoms with E-state index in [0.29, 0.717) is 34.1 Å². The number of para-hydroxylation sites is 2. The van der Waals surface area contributed by atoms with E-state index < -0.39 is 0 Å². The Kier molecular flexibility index (Phi) is 8.01. The molecule has 0 spiro atoms. The van der Waals surface area contributed by atoms with Crippen LogP contribution in [0, 0.1) is 0 Å². The predicted octanol–water partition coefficient (Wildman–Crippen LogP) is 3.38. The van der Waals surface area contributed by atoms with Crippen molar-refractivity contribution in [3.63, 3.8) is 0 Å². The normalized spacial score (nSPS) is 9.62. The molecular formula is C24H30N8. The minimum Gasteiger partial charge on any atom is -0.399 e. The molecular weight excluding hydrogens is 400 g/mol. The van der Waals surface area contributed by atoms with Crippen molar-refractivity contribution in [3.05, 3.63) is 84.9 Å². The second-order valence-electron chi connectivity index (χ2n) is 6.98. The molecule has 0 radical (unpaired) electrons. The number of benzene rings is 4. The fourth-order valence-electron chi connectivity index (χ4n) is 2.52. The zero-order chi connectivity index (χ0) is 23.7. The van der Waals surface area contributed by atoms with E-state index in [1.165, 1.54) is 0 Å². The molecule has 0 aliphatic rings. The Morgan fingerprint density at radius 3 is 0.906 bits per heavy atom. The third-order valence-electron chi connectivity index (χ3n) is 4.44. The summed E-state index contributed by atoms with van der Waals surface area (Å²) in [6.07, 6.45) is 0. The summed E-state index contributed by atoms with van der Waals surface area (Å²) in [7, 11) is 0. The topological polar surface area (TPSA) is 208 Å². The van der Waals surface area contributed by atoms with Crippen LogP contribution in [-0.4, -0.2) is 0 Å². The van der Waals surface area contributed by atoms with Gasteiger partial charge in [-0.2, -0.15) is 0 Å². The quantitative estimate of drug-likeness (QED) is 0.209. The van der Waals surface area contributed by atoms with Gasteiger partial charge < -0.3 is 45.9 Å². The highest BCUT2D eigenvalue weighted by atomic mass is 14.7. The second-order valence-corrected chi connectivity index (χ2v) is 6.98. The van der Waals surface area contributed by atoms with Gasteiger partial charge in [-0.15, -0.1) is 0 Å². The summed E-state index contributed by atoms with van der Waals surface area (Å²) in [6, 6.07) is 25.3. The van der Waals surface area contributed by atoms with Crippen LogP contribution in [0.5, 0.6) is 0 Å². The molecule has 16 N–H and O–H groups in total. The Bertz CT molecular complexity index is 1070. The lowest BCUT2D eigenvalue weighted by Crippen LogP contribution is -1.96. The van der Waals surface area contributed by atoms with Crippen molar-refractivity contribution in [1.82, 2.24) is 0 Å². The van der Waals surface area contributed by atoms with Crippen molar-refractivity contribution in [3.8, 4) is 11.1 Å². The van der Waals surface area contributed by atoms with Gasteiger partial charge in [0.25, 0.3) is 0 Å². The summed E-state index contributed by atoms with van der Waals surface area (Å²) in [5, 5.41) is 0. The van der Waals surface area contributed by atoms with Crippen LogP contribution in [0.25, 0.3) is 11.1 Å². The van der Waals surface area contributed by atoms with Crippen molar-refractivity contribution in [2.45, 2.75) is 0 Å². The third-order valence-corrected chi connectivity index (χ3v) is 4.44. The van der Waals surface area contributed by atoms with Crippen LogP contribution < -0.4 is 45.9 Å². The van der Waals surface area contributed by atoms with E-state index in [4.69, 9.17) is 45.9 Å². The maximum absolute atomic E-state index is 5.74. The summed E-state index contributed by atoms with van der Waals surface area (Å²) < 4.78 is 0. The highest BCUT2D eigenvalue weighted by molar-refractivity contribution is 5.78. The average Bonchev–Trinajstić information content (AvgIpc) is 2.77. The number of hydrogen-bond donors (Lipinski definition) is 8. The van der Waals surface area contributed by atoms with Crippen molar-refractivity contribution in [1.29, 1.82) is 0 Å². The zero-order valence-electron chi connectivity index (χ0n) is 17.7. The molecule has 8 heteroatoms. The Labute approximate surface area is 187 Å². The fraction of sp³-hybridized carbons (Fsp3) is 0. The monoisotopic (exact) mass is 430 g/mol. The van der Waals surface area contributed by atoms with Crippen molar-refractivity contribution < 1.29 is 0 Å². The molecule has 32 heavy (non-hydrogen) atoms. The summed E-state index contributed by atoms with van der Waals surface area (Å²) in [4.78, 5) is 0. The maximum Gasteiger partial charge on any atom is 0.0554 e. The molecule has 0 aliphatic heterocycles. The Morgan fingerprint density at radius 1 is 0.312 bits per heavy atom. The summed E-state index contributed by atoms with van der Waals surface area (Å²) in [6.45, 7) is 0. The van der Waals surface area contributed by atoms with E-state index in [0.717, 1.165) is 22.5 Å². The molecule has 0 amide bonds. The first-order chi connectivity index (χ1) is 15.2. The van der Waals surface area contributed by atoms with Gasteiger partial charge in [-0.05, 0) is 71.8 Å². The number of anilines is 8. The van der Waals surface area contributed by atoms with Gasteiger partial charge in [-0.3, -0.25) is 0 Å². The first-order valence-corrected chi connectivity index (χ1v) is 9.68. The zero-order valence-corrected chi connectivity index (χ0v) is 17.7. The van der Waals surface area contributed by atoms with E-state index in [2.05, 4.69) is 0 Å².